The molecule has 0 atom stereocenters. The van der Waals surface area contributed by atoms with E-state index in [0.29, 0.717) is 37.6 Å². The van der Waals surface area contributed by atoms with Crippen LogP contribution in [0.5, 0.6) is 0 Å². The summed E-state index contributed by atoms with van der Waals surface area (Å²) in [6.07, 6.45) is -0.207. The second kappa shape index (κ2) is 6.68. The summed E-state index contributed by atoms with van der Waals surface area (Å²) in [7, 11) is 0. The molecule has 1 N–H and O–H groups in total. The van der Waals surface area contributed by atoms with Gasteiger partial charge in [0.1, 0.15) is 6.42 Å². The Balaban J connectivity index is 2.07. The maximum atomic E-state index is 12.3. The van der Waals surface area contributed by atoms with Crippen molar-refractivity contribution >= 4 is 17.5 Å². The zero-order chi connectivity index (χ0) is 14.4. The highest BCUT2D eigenvalue weighted by atomic mass is 16.5. The molecule has 1 saturated heterocycles. The average molecular weight is 273 g/mol. The molecule has 1 fully saturated rings. The number of benzene rings is 1. The number of nitrogens with zero attached hydrogens (tertiary/aromatic N) is 2. The largest absolute Gasteiger partial charge is 0.378 e. The van der Waals surface area contributed by atoms with Crippen LogP contribution < -0.4 is 5.32 Å². The van der Waals surface area contributed by atoms with Gasteiger partial charge in [0.25, 0.3) is 5.91 Å². The molecule has 0 saturated carbocycles. The summed E-state index contributed by atoms with van der Waals surface area (Å²) in [6.45, 7) is 2.24. The van der Waals surface area contributed by atoms with Crippen LogP contribution in [0.4, 0.5) is 5.69 Å². The number of morpholine rings is 1. The van der Waals surface area contributed by atoms with Crippen molar-refractivity contribution in [2.24, 2.45) is 0 Å². The van der Waals surface area contributed by atoms with Gasteiger partial charge in [-0.2, -0.15) is 5.26 Å². The number of hydrogen-bond acceptors (Lipinski definition) is 4. The maximum Gasteiger partial charge on any atom is 0.254 e. The van der Waals surface area contributed by atoms with E-state index in [2.05, 4.69) is 5.32 Å². The minimum atomic E-state index is -0.386. The average Bonchev–Trinajstić information content (AvgIpc) is 2.48. The van der Waals surface area contributed by atoms with Crippen LogP contribution in [0.2, 0.25) is 0 Å². The molecule has 0 bridgehead atoms. The van der Waals surface area contributed by atoms with E-state index in [1.807, 2.05) is 0 Å². The van der Waals surface area contributed by atoms with Crippen LogP contribution in [0.1, 0.15) is 16.8 Å². The van der Waals surface area contributed by atoms with Gasteiger partial charge in [-0.05, 0) is 18.2 Å². The van der Waals surface area contributed by atoms with E-state index in [1.54, 1.807) is 35.2 Å². The molecule has 1 aliphatic heterocycles. The molecule has 104 valence electrons. The van der Waals surface area contributed by atoms with Gasteiger partial charge in [-0.25, -0.2) is 0 Å². The Hall–Kier alpha value is -2.39. The summed E-state index contributed by atoms with van der Waals surface area (Å²) in [5.74, 6) is -0.465. The predicted molar refractivity (Wildman–Crippen MR) is 72.0 cm³/mol. The Morgan fingerprint density at radius 1 is 1.35 bits per heavy atom. The van der Waals surface area contributed by atoms with E-state index in [1.165, 1.54) is 0 Å². The lowest BCUT2D eigenvalue weighted by Crippen LogP contribution is -2.40. The Bertz CT molecular complexity index is 545. The van der Waals surface area contributed by atoms with Gasteiger partial charge < -0.3 is 15.0 Å². The number of carbonyl (C=O) groups excluding carboxylic acids is 2. The van der Waals surface area contributed by atoms with Gasteiger partial charge in [-0.3, -0.25) is 9.59 Å². The van der Waals surface area contributed by atoms with Crippen LogP contribution in [0, 0.1) is 11.3 Å². The Labute approximate surface area is 116 Å². The van der Waals surface area contributed by atoms with Crippen molar-refractivity contribution in [3.8, 4) is 6.07 Å². The molecular formula is C14H15N3O3. The lowest BCUT2D eigenvalue weighted by molar-refractivity contribution is -0.115. The normalized spacial score (nSPS) is 14.4. The van der Waals surface area contributed by atoms with Crippen molar-refractivity contribution in [1.29, 1.82) is 5.26 Å². The highest BCUT2D eigenvalue weighted by Crippen LogP contribution is 2.14. The standard InChI is InChI=1S/C14H15N3O3/c15-5-4-13(18)16-12-3-1-2-11(10-12)14(19)17-6-8-20-9-7-17/h1-3,10H,4,6-9H2,(H,16,18). The van der Waals surface area contributed by atoms with E-state index in [0.717, 1.165) is 0 Å². The van der Waals surface area contributed by atoms with Gasteiger partial charge >= 0.3 is 0 Å². The van der Waals surface area contributed by atoms with Crippen molar-refractivity contribution in [3.63, 3.8) is 0 Å². The molecule has 0 spiro atoms. The fourth-order valence-corrected chi connectivity index (χ4v) is 1.96. The van der Waals surface area contributed by atoms with Crippen molar-refractivity contribution in [2.45, 2.75) is 6.42 Å². The Kier molecular flexibility index (Phi) is 4.69. The van der Waals surface area contributed by atoms with Crippen LogP contribution in [-0.4, -0.2) is 43.0 Å². The molecule has 0 radical (unpaired) electrons. The fraction of sp³-hybridized carbons (Fsp3) is 0.357. The van der Waals surface area contributed by atoms with E-state index in [4.69, 9.17) is 10.00 Å². The van der Waals surface area contributed by atoms with Crippen molar-refractivity contribution in [2.75, 3.05) is 31.6 Å². The predicted octanol–water partition coefficient (Wildman–Crippen LogP) is 1.01. The maximum absolute atomic E-state index is 12.3. The second-order valence-corrected chi connectivity index (χ2v) is 4.37. The van der Waals surface area contributed by atoms with Crippen molar-refractivity contribution in [1.82, 2.24) is 4.90 Å². The number of carbonyl (C=O) groups is 2. The van der Waals surface area contributed by atoms with Gasteiger partial charge in [0.2, 0.25) is 5.91 Å². The zero-order valence-electron chi connectivity index (χ0n) is 11.0. The molecule has 2 rings (SSSR count). The first-order chi connectivity index (χ1) is 9.70. The fourth-order valence-electron chi connectivity index (χ4n) is 1.96. The topological polar surface area (TPSA) is 82.4 Å². The number of amides is 2. The number of hydrogen-bond donors (Lipinski definition) is 1. The zero-order valence-corrected chi connectivity index (χ0v) is 11.0. The first kappa shape index (κ1) is 14.0. The molecule has 6 heteroatoms. The number of ether oxygens (including phenoxy) is 1. The van der Waals surface area contributed by atoms with E-state index in [-0.39, 0.29) is 18.2 Å². The Morgan fingerprint density at radius 3 is 2.80 bits per heavy atom. The van der Waals surface area contributed by atoms with Crippen LogP contribution in [0.25, 0.3) is 0 Å². The molecule has 1 aromatic rings. The molecule has 6 nitrogen and oxygen atoms in total. The first-order valence-electron chi connectivity index (χ1n) is 6.34. The summed E-state index contributed by atoms with van der Waals surface area (Å²) >= 11 is 0. The SMILES string of the molecule is N#CCC(=O)Nc1cccc(C(=O)N2CCOCC2)c1. The quantitative estimate of drug-likeness (QED) is 0.891. The second-order valence-electron chi connectivity index (χ2n) is 4.37. The summed E-state index contributed by atoms with van der Waals surface area (Å²) in [5.41, 5.74) is 1.03. The van der Waals surface area contributed by atoms with Crippen LogP contribution in [0.3, 0.4) is 0 Å². The molecule has 0 aliphatic carbocycles. The number of anilines is 1. The molecule has 1 heterocycles. The van der Waals surface area contributed by atoms with Crippen LogP contribution in [-0.2, 0) is 9.53 Å². The Morgan fingerprint density at radius 2 is 2.10 bits per heavy atom. The van der Waals surface area contributed by atoms with Crippen LogP contribution >= 0.6 is 0 Å². The lowest BCUT2D eigenvalue weighted by atomic mass is 10.1. The molecular weight excluding hydrogens is 258 g/mol. The van der Waals surface area contributed by atoms with Gasteiger partial charge in [-0.1, -0.05) is 6.07 Å². The van der Waals surface area contributed by atoms with Crippen molar-refractivity contribution < 1.29 is 14.3 Å². The monoisotopic (exact) mass is 273 g/mol. The number of nitriles is 1. The number of nitrogens with one attached hydrogen (secondary N) is 1. The molecule has 0 unspecified atom stereocenters. The van der Waals surface area contributed by atoms with Gasteiger partial charge in [0, 0.05) is 24.3 Å². The highest BCUT2D eigenvalue weighted by Gasteiger charge is 2.18. The third-order valence-electron chi connectivity index (χ3n) is 2.93. The third kappa shape index (κ3) is 3.56. The molecule has 2 amide bonds. The minimum absolute atomic E-state index is 0.0790. The molecule has 20 heavy (non-hydrogen) atoms. The summed E-state index contributed by atoms with van der Waals surface area (Å²) < 4.78 is 5.21. The van der Waals surface area contributed by atoms with E-state index >= 15 is 0 Å². The van der Waals surface area contributed by atoms with E-state index in [9.17, 15) is 9.59 Å². The van der Waals surface area contributed by atoms with Gasteiger partial charge in [0.05, 0.1) is 19.3 Å². The minimum Gasteiger partial charge on any atom is -0.378 e. The van der Waals surface area contributed by atoms with Crippen LogP contribution in [0.15, 0.2) is 24.3 Å². The summed E-state index contributed by atoms with van der Waals surface area (Å²) in [4.78, 5) is 25.3. The molecule has 1 aromatic carbocycles. The molecule has 1 aliphatic rings. The third-order valence-corrected chi connectivity index (χ3v) is 2.93. The summed E-state index contributed by atoms with van der Waals surface area (Å²) in [6, 6.07) is 8.49. The van der Waals surface area contributed by atoms with Gasteiger partial charge in [-0.15, -0.1) is 0 Å². The van der Waals surface area contributed by atoms with E-state index < -0.39 is 0 Å². The lowest BCUT2D eigenvalue weighted by Gasteiger charge is -2.27. The smallest absolute Gasteiger partial charge is 0.254 e. The highest BCUT2D eigenvalue weighted by molar-refractivity contribution is 5.97. The molecule has 0 aromatic heterocycles. The van der Waals surface area contributed by atoms with Gasteiger partial charge in [0.15, 0.2) is 0 Å². The first-order valence-corrected chi connectivity index (χ1v) is 6.34. The van der Waals surface area contributed by atoms with Crippen molar-refractivity contribution in [3.05, 3.63) is 29.8 Å². The number of rotatable bonds is 3. The summed E-state index contributed by atoms with van der Waals surface area (Å²) in [5, 5.41) is 11.0.